The molecule has 1 aromatic carbocycles. The standard InChI is InChI=1S/C19H20ClN3O3/c1-26-19(25)15-5-6-17(21-12-15)18(24)23-9-7-22(8-10-23)13-14-3-2-4-16(20)11-14/h2-6,11-12H,7-10,13H2,1H3. The second-order valence-electron chi connectivity index (χ2n) is 6.12. The summed E-state index contributed by atoms with van der Waals surface area (Å²) in [5.41, 5.74) is 1.83. The molecule has 1 saturated heterocycles. The molecular weight excluding hydrogens is 354 g/mol. The fourth-order valence-corrected chi connectivity index (χ4v) is 3.14. The quantitative estimate of drug-likeness (QED) is 0.770. The molecule has 1 aliphatic rings. The number of rotatable bonds is 4. The third-order valence-electron chi connectivity index (χ3n) is 4.36. The number of amides is 1. The molecule has 1 aromatic heterocycles. The Hall–Kier alpha value is -2.44. The number of nitrogens with zero attached hydrogens (tertiary/aromatic N) is 3. The fraction of sp³-hybridized carbons (Fsp3) is 0.316. The van der Waals surface area contributed by atoms with Crippen LogP contribution in [0, 0.1) is 0 Å². The number of hydrogen-bond donors (Lipinski definition) is 0. The molecule has 26 heavy (non-hydrogen) atoms. The van der Waals surface area contributed by atoms with Crippen LogP contribution in [0.1, 0.15) is 26.4 Å². The van der Waals surface area contributed by atoms with E-state index in [1.165, 1.54) is 13.3 Å². The van der Waals surface area contributed by atoms with Crippen LogP contribution in [0.15, 0.2) is 42.6 Å². The molecule has 0 atom stereocenters. The van der Waals surface area contributed by atoms with E-state index in [1.807, 2.05) is 18.2 Å². The lowest BCUT2D eigenvalue weighted by atomic mass is 10.2. The zero-order valence-corrected chi connectivity index (χ0v) is 15.3. The van der Waals surface area contributed by atoms with E-state index in [0.29, 0.717) is 24.3 Å². The first kappa shape index (κ1) is 18.4. The van der Waals surface area contributed by atoms with E-state index < -0.39 is 5.97 Å². The van der Waals surface area contributed by atoms with E-state index in [0.717, 1.165) is 30.2 Å². The van der Waals surface area contributed by atoms with Crippen LogP contribution in [0.2, 0.25) is 5.02 Å². The van der Waals surface area contributed by atoms with Gasteiger partial charge in [0.1, 0.15) is 5.69 Å². The van der Waals surface area contributed by atoms with Crippen LogP contribution in [0.3, 0.4) is 0 Å². The van der Waals surface area contributed by atoms with Crippen molar-refractivity contribution in [2.45, 2.75) is 6.54 Å². The summed E-state index contributed by atoms with van der Waals surface area (Å²) in [6, 6.07) is 10.9. The topological polar surface area (TPSA) is 62.7 Å². The number of carbonyl (C=O) groups excluding carboxylic acids is 2. The Balaban J connectivity index is 1.55. The fourth-order valence-electron chi connectivity index (χ4n) is 2.92. The first-order chi connectivity index (χ1) is 12.6. The maximum Gasteiger partial charge on any atom is 0.339 e. The van der Waals surface area contributed by atoms with Gasteiger partial charge < -0.3 is 9.64 Å². The molecule has 0 unspecified atom stereocenters. The van der Waals surface area contributed by atoms with Crippen molar-refractivity contribution in [3.63, 3.8) is 0 Å². The molecule has 0 saturated carbocycles. The molecule has 7 heteroatoms. The SMILES string of the molecule is COC(=O)c1ccc(C(=O)N2CCN(Cc3cccc(Cl)c3)CC2)nc1. The predicted molar refractivity (Wildman–Crippen MR) is 98.2 cm³/mol. The highest BCUT2D eigenvalue weighted by Gasteiger charge is 2.23. The van der Waals surface area contributed by atoms with Crippen molar-refractivity contribution in [2.75, 3.05) is 33.3 Å². The van der Waals surface area contributed by atoms with Gasteiger partial charge in [0.25, 0.3) is 5.91 Å². The smallest absolute Gasteiger partial charge is 0.339 e. The first-order valence-corrected chi connectivity index (χ1v) is 8.75. The highest BCUT2D eigenvalue weighted by Crippen LogP contribution is 2.15. The number of piperazine rings is 1. The first-order valence-electron chi connectivity index (χ1n) is 8.37. The van der Waals surface area contributed by atoms with Crippen LogP contribution < -0.4 is 0 Å². The summed E-state index contributed by atoms with van der Waals surface area (Å²) in [7, 11) is 1.31. The van der Waals surface area contributed by atoms with Crippen molar-refractivity contribution < 1.29 is 14.3 Å². The summed E-state index contributed by atoms with van der Waals surface area (Å²) in [6.07, 6.45) is 1.37. The lowest BCUT2D eigenvalue weighted by molar-refractivity contribution is 0.0593. The molecule has 0 radical (unpaired) electrons. The lowest BCUT2D eigenvalue weighted by Crippen LogP contribution is -2.48. The van der Waals surface area contributed by atoms with Gasteiger partial charge in [0, 0.05) is 43.9 Å². The summed E-state index contributed by atoms with van der Waals surface area (Å²) in [4.78, 5) is 32.2. The summed E-state index contributed by atoms with van der Waals surface area (Å²) >= 11 is 6.03. The number of methoxy groups -OCH3 is 1. The van der Waals surface area contributed by atoms with Crippen LogP contribution in [-0.4, -0.2) is 59.9 Å². The van der Waals surface area contributed by atoms with Crippen molar-refractivity contribution in [3.05, 3.63) is 64.4 Å². The Morgan fingerprint density at radius 1 is 1.15 bits per heavy atom. The van der Waals surface area contributed by atoms with Crippen LogP contribution in [0.5, 0.6) is 0 Å². The maximum atomic E-state index is 12.6. The van der Waals surface area contributed by atoms with Crippen molar-refractivity contribution in [1.82, 2.24) is 14.8 Å². The largest absolute Gasteiger partial charge is 0.465 e. The number of pyridine rings is 1. The molecule has 1 amide bonds. The molecule has 0 spiro atoms. The van der Waals surface area contributed by atoms with E-state index in [9.17, 15) is 9.59 Å². The van der Waals surface area contributed by atoms with E-state index in [4.69, 9.17) is 11.6 Å². The number of carbonyl (C=O) groups is 2. The molecule has 0 N–H and O–H groups in total. The molecular formula is C19H20ClN3O3. The van der Waals surface area contributed by atoms with E-state index in [2.05, 4.69) is 20.7 Å². The van der Waals surface area contributed by atoms with Crippen molar-refractivity contribution in [2.24, 2.45) is 0 Å². The Bertz CT molecular complexity index is 787. The molecule has 2 aromatic rings. The van der Waals surface area contributed by atoms with Gasteiger partial charge in [-0.05, 0) is 29.8 Å². The number of esters is 1. The molecule has 0 aliphatic carbocycles. The van der Waals surface area contributed by atoms with Gasteiger partial charge >= 0.3 is 5.97 Å². The second-order valence-corrected chi connectivity index (χ2v) is 6.56. The molecule has 1 aliphatic heterocycles. The third-order valence-corrected chi connectivity index (χ3v) is 4.59. The minimum Gasteiger partial charge on any atom is -0.465 e. The monoisotopic (exact) mass is 373 g/mol. The third kappa shape index (κ3) is 4.39. The normalized spacial score (nSPS) is 14.9. The van der Waals surface area contributed by atoms with E-state index >= 15 is 0 Å². The Morgan fingerprint density at radius 3 is 2.54 bits per heavy atom. The minimum atomic E-state index is -0.467. The molecule has 1 fully saturated rings. The van der Waals surface area contributed by atoms with Gasteiger partial charge in [-0.1, -0.05) is 23.7 Å². The zero-order valence-electron chi connectivity index (χ0n) is 14.5. The van der Waals surface area contributed by atoms with Crippen LogP contribution >= 0.6 is 11.6 Å². The van der Waals surface area contributed by atoms with E-state index in [-0.39, 0.29) is 5.91 Å². The van der Waals surface area contributed by atoms with E-state index in [1.54, 1.807) is 17.0 Å². The lowest BCUT2D eigenvalue weighted by Gasteiger charge is -2.34. The van der Waals surface area contributed by atoms with Gasteiger partial charge in [0.15, 0.2) is 0 Å². The van der Waals surface area contributed by atoms with Crippen molar-refractivity contribution >= 4 is 23.5 Å². The Kier molecular flexibility index (Phi) is 5.85. The van der Waals surface area contributed by atoms with Crippen LogP contribution in [0.4, 0.5) is 0 Å². The molecule has 0 bridgehead atoms. The predicted octanol–water partition coefficient (Wildman–Crippen LogP) is 2.48. The molecule has 6 nitrogen and oxygen atoms in total. The van der Waals surface area contributed by atoms with Gasteiger partial charge in [0.2, 0.25) is 0 Å². The maximum absolute atomic E-state index is 12.6. The number of hydrogen-bond acceptors (Lipinski definition) is 5. The molecule has 2 heterocycles. The van der Waals surface area contributed by atoms with Crippen molar-refractivity contribution in [1.29, 1.82) is 0 Å². The zero-order chi connectivity index (χ0) is 18.5. The second kappa shape index (κ2) is 8.29. The Morgan fingerprint density at radius 2 is 1.92 bits per heavy atom. The number of halogens is 1. The minimum absolute atomic E-state index is 0.121. The Labute approximate surface area is 157 Å². The average molecular weight is 374 g/mol. The van der Waals surface area contributed by atoms with Crippen molar-refractivity contribution in [3.8, 4) is 0 Å². The number of benzene rings is 1. The van der Waals surface area contributed by atoms with Crippen LogP contribution in [0.25, 0.3) is 0 Å². The highest BCUT2D eigenvalue weighted by atomic mass is 35.5. The highest BCUT2D eigenvalue weighted by molar-refractivity contribution is 6.30. The van der Waals surface area contributed by atoms with Gasteiger partial charge in [0.05, 0.1) is 12.7 Å². The van der Waals surface area contributed by atoms with Gasteiger partial charge in [-0.3, -0.25) is 14.7 Å². The molecule has 136 valence electrons. The number of aromatic nitrogens is 1. The summed E-state index contributed by atoms with van der Waals surface area (Å²) < 4.78 is 4.63. The van der Waals surface area contributed by atoms with Gasteiger partial charge in [-0.25, -0.2) is 4.79 Å². The van der Waals surface area contributed by atoms with Gasteiger partial charge in [-0.2, -0.15) is 0 Å². The summed E-state index contributed by atoms with van der Waals surface area (Å²) in [6.45, 7) is 3.67. The number of ether oxygens (including phenoxy) is 1. The van der Waals surface area contributed by atoms with Crippen LogP contribution in [-0.2, 0) is 11.3 Å². The molecule has 3 rings (SSSR count). The van der Waals surface area contributed by atoms with Gasteiger partial charge in [-0.15, -0.1) is 0 Å². The summed E-state index contributed by atoms with van der Waals surface area (Å²) in [5, 5.41) is 0.734. The average Bonchev–Trinajstić information content (AvgIpc) is 2.67. The summed E-state index contributed by atoms with van der Waals surface area (Å²) in [5.74, 6) is -0.588.